The summed E-state index contributed by atoms with van der Waals surface area (Å²) in [5, 5.41) is 0. The maximum atomic E-state index is 12.5. The molecule has 0 amide bonds. The van der Waals surface area contributed by atoms with Crippen molar-refractivity contribution in [3.63, 3.8) is 0 Å². The van der Waals surface area contributed by atoms with Crippen LogP contribution in [0.5, 0.6) is 5.75 Å². The molecule has 0 aliphatic heterocycles. The molecule has 0 N–H and O–H groups in total. The first-order valence-corrected chi connectivity index (χ1v) is 7.71. The lowest BCUT2D eigenvalue weighted by atomic mass is 10.1. The van der Waals surface area contributed by atoms with Gasteiger partial charge in [-0.05, 0) is 12.1 Å². The summed E-state index contributed by atoms with van der Waals surface area (Å²) < 4.78 is 10.3. The topological polar surface area (TPSA) is 55.8 Å². The van der Waals surface area contributed by atoms with Gasteiger partial charge < -0.3 is 14.4 Å². The van der Waals surface area contributed by atoms with Crippen molar-refractivity contribution in [2.75, 3.05) is 31.7 Å². The Labute approximate surface area is 141 Å². The van der Waals surface area contributed by atoms with Crippen molar-refractivity contribution in [3.8, 4) is 5.75 Å². The van der Waals surface area contributed by atoms with Crippen molar-refractivity contribution in [1.82, 2.24) is 0 Å². The predicted octanol–water partition coefficient (Wildman–Crippen LogP) is 2.95. The maximum Gasteiger partial charge on any atom is 0.302 e. The summed E-state index contributed by atoms with van der Waals surface area (Å²) in [6, 6.07) is 16.6. The van der Waals surface area contributed by atoms with Crippen molar-refractivity contribution in [2.45, 2.75) is 6.92 Å². The van der Waals surface area contributed by atoms with Crippen LogP contribution >= 0.6 is 0 Å². The molecular formula is C19H21NO4. The van der Waals surface area contributed by atoms with Gasteiger partial charge in [0.05, 0.1) is 20.2 Å². The summed E-state index contributed by atoms with van der Waals surface area (Å²) in [6.45, 7) is 2.20. The molecule has 0 radical (unpaired) electrons. The Balaban J connectivity index is 2.15. The minimum Gasteiger partial charge on any atom is -0.497 e. The molecular weight excluding hydrogens is 306 g/mol. The average Bonchev–Trinajstić information content (AvgIpc) is 2.61. The summed E-state index contributed by atoms with van der Waals surface area (Å²) >= 11 is 0. The zero-order valence-corrected chi connectivity index (χ0v) is 13.9. The Morgan fingerprint density at radius 3 is 2.46 bits per heavy atom. The highest BCUT2D eigenvalue weighted by molar-refractivity contribution is 5.99. The smallest absolute Gasteiger partial charge is 0.302 e. The van der Waals surface area contributed by atoms with Gasteiger partial charge in [-0.15, -0.1) is 0 Å². The van der Waals surface area contributed by atoms with Gasteiger partial charge in [-0.25, -0.2) is 0 Å². The minimum atomic E-state index is -0.338. The molecule has 0 aliphatic carbocycles. The molecule has 2 aromatic rings. The summed E-state index contributed by atoms with van der Waals surface area (Å²) in [5.74, 6) is 0.369. The van der Waals surface area contributed by atoms with E-state index in [1.54, 1.807) is 19.2 Å². The van der Waals surface area contributed by atoms with Crippen LogP contribution in [0.15, 0.2) is 54.6 Å². The highest BCUT2D eigenvalue weighted by Crippen LogP contribution is 2.21. The lowest BCUT2D eigenvalue weighted by Crippen LogP contribution is -2.33. The zero-order valence-electron chi connectivity index (χ0n) is 13.9. The average molecular weight is 327 g/mol. The third-order valence-corrected chi connectivity index (χ3v) is 3.52. The number of rotatable bonds is 8. The van der Waals surface area contributed by atoms with E-state index in [1.807, 2.05) is 47.4 Å². The first kappa shape index (κ1) is 17.5. The van der Waals surface area contributed by atoms with Crippen LogP contribution in [0.4, 0.5) is 5.69 Å². The molecule has 0 unspecified atom stereocenters. The van der Waals surface area contributed by atoms with Gasteiger partial charge in [0, 0.05) is 24.2 Å². The van der Waals surface area contributed by atoms with E-state index in [9.17, 15) is 9.59 Å². The molecule has 0 saturated carbocycles. The number of methoxy groups -OCH3 is 1. The van der Waals surface area contributed by atoms with Crippen molar-refractivity contribution in [3.05, 3.63) is 60.2 Å². The number of Topliss-reactive ketones (excluding diaryl/α,β-unsaturated/α-hetero) is 1. The van der Waals surface area contributed by atoms with Crippen LogP contribution in [0.1, 0.15) is 17.3 Å². The molecule has 0 saturated heterocycles. The fourth-order valence-electron chi connectivity index (χ4n) is 2.29. The van der Waals surface area contributed by atoms with Gasteiger partial charge in [-0.3, -0.25) is 9.59 Å². The van der Waals surface area contributed by atoms with Gasteiger partial charge in [0.1, 0.15) is 12.4 Å². The molecule has 24 heavy (non-hydrogen) atoms. The SMILES string of the molecule is COc1cccc(N(CCOC(C)=O)CC(=O)c2ccccc2)c1. The largest absolute Gasteiger partial charge is 0.497 e. The Kier molecular flexibility index (Phi) is 6.37. The quantitative estimate of drug-likeness (QED) is 0.551. The third-order valence-electron chi connectivity index (χ3n) is 3.52. The first-order chi connectivity index (χ1) is 11.6. The van der Waals surface area contributed by atoms with E-state index in [0.717, 1.165) is 5.69 Å². The predicted molar refractivity (Wildman–Crippen MR) is 92.6 cm³/mol. The second kappa shape index (κ2) is 8.72. The van der Waals surface area contributed by atoms with Crippen LogP contribution in [-0.2, 0) is 9.53 Å². The molecule has 0 bridgehead atoms. The Bertz CT molecular complexity index is 685. The van der Waals surface area contributed by atoms with Gasteiger partial charge >= 0.3 is 5.97 Å². The summed E-state index contributed by atoms with van der Waals surface area (Å²) in [7, 11) is 1.59. The normalized spacial score (nSPS) is 10.1. The molecule has 126 valence electrons. The van der Waals surface area contributed by atoms with Crippen LogP contribution in [0.3, 0.4) is 0 Å². The van der Waals surface area contributed by atoms with E-state index in [0.29, 0.717) is 17.9 Å². The van der Waals surface area contributed by atoms with Crippen LogP contribution in [0.25, 0.3) is 0 Å². The fraction of sp³-hybridized carbons (Fsp3) is 0.263. The fourth-order valence-corrected chi connectivity index (χ4v) is 2.29. The summed E-state index contributed by atoms with van der Waals surface area (Å²) in [6.07, 6.45) is 0. The molecule has 5 heteroatoms. The number of esters is 1. The molecule has 0 heterocycles. The number of anilines is 1. The Morgan fingerprint density at radius 1 is 1.04 bits per heavy atom. The van der Waals surface area contributed by atoms with E-state index >= 15 is 0 Å². The van der Waals surface area contributed by atoms with Crippen LogP contribution in [0.2, 0.25) is 0 Å². The maximum absolute atomic E-state index is 12.5. The molecule has 0 atom stereocenters. The Hall–Kier alpha value is -2.82. The van der Waals surface area contributed by atoms with E-state index in [1.165, 1.54) is 6.92 Å². The number of carbonyl (C=O) groups is 2. The van der Waals surface area contributed by atoms with E-state index in [4.69, 9.17) is 9.47 Å². The molecule has 0 aromatic heterocycles. The number of carbonyl (C=O) groups excluding carboxylic acids is 2. The molecule has 0 spiro atoms. The second-order valence-electron chi connectivity index (χ2n) is 5.25. The number of hydrogen-bond donors (Lipinski definition) is 0. The minimum absolute atomic E-state index is 0.00115. The zero-order chi connectivity index (χ0) is 17.4. The monoisotopic (exact) mass is 327 g/mol. The van der Waals surface area contributed by atoms with Crippen molar-refractivity contribution >= 4 is 17.4 Å². The first-order valence-electron chi connectivity index (χ1n) is 7.71. The van der Waals surface area contributed by atoms with Crippen molar-refractivity contribution < 1.29 is 19.1 Å². The molecule has 0 aliphatic rings. The number of ether oxygens (including phenoxy) is 2. The van der Waals surface area contributed by atoms with Gasteiger partial charge in [-0.1, -0.05) is 36.4 Å². The van der Waals surface area contributed by atoms with Crippen LogP contribution in [0, 0.1) is 0 Å². The molecule has 2 aromatic carbocycles. The Morgan fingerprint density at radius 2 is 1.79 bits per heavy atom. The second-order valence-corrected chi connectivity index (χ2v) is 5.25. The lowest BCUT2D eigenvalue weighted by molar-refractivity contribution is -0.140. The number of benzene rings is 2. The van der Waals surface area contributed by atoms with E-state index < -0.39 is 0 Å². The van der Waals surface area contributed by atoms with Crippen LogP contribution in [-0.4, -0.2) is 38.6 Å². The highest BCUT2D eigenvalue weighted by atomic mass is 16.5. The van der Waals surface area contributed by atoms with E-state index in [2.05, 4.69) is 0 Å². The molecule has 2 rings (SSSR count). The highest BCUT2D eigenvalue weighted by Gasteiger charge is 2.14. The molecule has 5 nitrogen and oxygen atoms in total. The van der Waals surface area contributed by atoms with Crippen molar-refractivity contribution in [2.24, 2.45) is 0 Å². The number of ketones is 1. The van der Waals surface area contributed by atoms with Gasteiger partial charge in [0.25, 0.3) is 0 Å². The van der Waals surface area contributed by atoms with Crippen molar-refractivity contribution in [1.29, 1.82) is 0 Å². The number of nitrogens with zero attached hydrogens (tertiary/aromatic N) is 1. The summed E-state index contributed by atoms with van der Waals surface area (Å²) in [5.41, 5.74) is 1.49. The standard InChI is InChI=1S/C19H21NO4/c1-15(21)24-12-11-20(17-9-6-10-18(13-17)23-2)14-19(22)16-7-4-3-5-8-16/h3-10,13H,11-12,14H2,1-2H3. The third kappa shape index (κ3) is 5.12. The van der Waals surface area contributed by atoms with Gasteiger partial charge in [0.15, 0.2) is 5.78 Å². The molecule has 0 fully saturated rings. The van der Waals surface area contributed by atoms with Gasteiger partial charge in [0.2, 0.25) is 0 Å². The lowest BCUT2D eigenvalue weighted by Gasteiger charge is -2.24. The van der Waals surface area contributed by atoms with Crippen LogP contribution < -0.4 is 9.64 Å². The summed E-state index contributed by atoms with van der Waals surface area (Å²) in [4.78, 5) is 25.4. The van der Waals surface area contributed by atoms with E-state index in [-0.39, 0.29) is 24.9 Å². The number of hydrogen-bond acceptors (Lipinski definition) is 5. The van der Waals surface area contributed by atoms with Gasteiger partial charge in [-0.2, -0.15) is 0 Å².